The predicted octanol–water partition coefficient (Wildman–Crippen LogP) is 3.72. The van der Waals surface area contributed by atoms with E-state index in [4.69, 9.17) is 4.74 Å². The van der Waals surface area contributed by atoms with Crippen LogP contribution in [0.4, 0.5) is 8.78 Å². The maximum atomic E-state index is 14.3. The number of hydrogen-bond acceptors (Lipinski definition) is 5. The standard InChI is InChI=1S/C18H19F2N5O/c1-17(2,3)26-16-12(19)7-10(9-21-16)13-5-6-14-22-23-15(25(14)24-13)11-8-18(11,4)20/h5-7,9,11H,8H2,1-4H3/t11-,18?/m0/s1. The fourth-order valence-corrected chi connectivity index (χ4v) is 2.81. The third-order valence-corrected chi connectivity index (χ3v) is 4.27. The van der Waals surface area contributed by atoms with Crippen molar-refractivity contribution >= 4 is 5.65 Å². The molecule has 1 saturated carbocycles. The first-order chi connectivity index (χ1) is 12.1. The van der Waals surface area contributed by atoms with Crippen molar-refractivity contribution in [3.05, 3.63) is 36.0 Å². The van der Waals surface area contributed by atoms with E-state index in [0.717, 1.165) is 0 Å². The molecule has 0 bridgehead atoms. The summed E-state index contributed by atoms with van der Waals surface area (Å²) in [5, 5.41) is 12.5. The van der Waals surface area contributed by atoms with Crippen LogP contribution in [-0.4, -0.2) is 36.1 Å². The molecule has 1 fully saturated rings. The molecule has 1 unspecified atom stereocenters. The van der Waals surface area contributed by atoms with E-state index in [1.54, 1.807) is 12.1 Å². The summed E-state index contributed by atoms with van der Waals surface area (Å²) in [6.07, 6.45) is 1.90. The Morgan fingerprint density at radius 3 is 2.62 bits per heavy atom. The van der Waals surface area contributed by atoms with Gasteiger partial charge in [0.15, 0.2) is 17.3 Å². The monoisotopic (exact) mass is 359 g/mol. The molecule has 0 aliphatic heterocycles. The molecule has 0 saturated heterocycles. The van der Waals surface area contributed by atoms with Crippen LogP contribution in [0, 0.1) is 5.82 Å². The average molecular weight is 359 g/mol. The van der Waals surface area contributed by atoms with E-state index in [0.29, 0.717) is 29.1 Å². The van der Waals surface area contributed by atoms with Gasteiger partial charge in [0.25, 0.3) is 5.88 Å². The summed E-state index contributed by atoms with van der Waals surface area (Å²) < 4.78 is 35.4. The summed E-state index contributed by atoms with van der Waals surface area (Å²) >= 11 is 0. The van der Waals surface area contributed by atoms with Crippen LogP contribution in [0.3, 0.4) is 0 Å². The summed E-state index contributed by atoms with van der Waals surface area (Å²) in [6.45, 7) is 7.00. The largest absolute Gasteiger partial charge is 0.470 e. The van der Waals surface area contributed by atoms with Gasteiger partial charge in [0.05, 0.1) is 11.6 Å². The molecule has 3 heterocycles. The molecule has 2 atom stereocenters. The van der Waals surface area contributed by atoms with Crippen LogP contribution in [0.15, 0.2) is 24.4 Å². The fraction of sp³-hybridized carbons (Fsp3) is 0.444. The van der Waals surface area contributed by atoms with Crippen LogP contribution in [0.2, 0.25) is 0 Å². The zero-order chi connectivity index (χ0) is 18.7. The molecule has 1 aliphatic rings. The number of halogens is 2. The van der Waals surface area contributed by atoms with Gasteiger partial charge in [0.2, 0.25) is 0 Å². The van der Waals surface area contributed by atoms with Crippen LogP contribution >= 0.6 is 0 Å². The molecule has 0 amide bonds. The SMILES string of the molecule is CC(C)(C)Oc1ncc(-c2ccc3nnc([C@@H]4CC4(C)F)n3n2)cc1F. The highest BCUT2D eigenvalue weighted by molar-refractivity contribution is 5.60. The minimum Gasteiger partial charge on any atom is -0.470 e. The molecule has 0 N–H and O–H groups in total. The third-order valence-electron chi connectivity index (χ3n) is 4.27. The lowest BCUT2D eigenvalue weighted by Crippen LogP contribution is -2.24. The molecule has 0 aromatic carbocycles. The number of hydrogen-bond donors (Lipinski definition) is 0. The first-order valence-electron chi connectivity index (χ1n) is 8.40. The minimum atomic E-state index is -1.28. The minimum absolute atomic E-state index is 0.0570. The molecule has 4 rings (SSSR count). The van der Waals surface area contributed by atoms with Gasteiger partial charge in [-0.15, -0.1) is 10.2 Å². The van der Waals surface area contributed by atoms with E-state index in [2.05, 4.69) is 20.3 Å². The van der Waals surface area contributed by atoms with Gasteiger partial charge < -0.3 is 4.74 Å². The molecule has 26 heavy (non-hydrogen) atoms. The van der Waals surface area contributed by atoms with Crippen molar-refractivity contribution in [1.82, 2.24) is 24.8 Å². The summed E-state index contributed by atoms with van der Waals surface area (Å²) in [7, 11) is 0. The van der Waals surface area contributed by atoms with Gasteiger partial charge in [-0.2, -0.15) is 9.61 Å². The van der Waals surface area contributed by atoms with Crippen molar-refractivity contribution in [3.8, 4) is 17.1 Å². The van der Waals surface area contributed by atoms with Gasteiger partial charge in [-0.3, -0.25) is 0 Å². The zero-order valence-electron chi connectivity index (χ0n) is 15.0. The number of nitrogens with zero attached hydrogens (tertiary/aromatic N) is 5. The van der Waals surface area contributed by atoms with E-state index >= 15 is 0 Å². The van der Waals surface area contributed by atoms with Gasteiger partial charge in [0.1, 0.15) is 11.3 Å². The zero-order valence-corrected chi connectivity index (χ0v) is 15.0. The number of alkyl halides is 1. The molecule has 136 valence electrons. The maximum absolute atomic E-state index is 14.3. The van der Waals surface area contributed by atoms with Crippen LogP contribution in [0.25, 0.3) is 16.9 Å². The molecule has 0 spiro atoms. The number of pyridine rings is 1. The van der Waals surface area contributed by atoms with Gasteiger partial charge in [0, 0.05) is 11.8 Å². The molecule has 0 radical (unpaired) electrons. The van der Waals surface area contributed by atoms with Crippen molar-refractivity contribution in [2.24, 2.45) is 0 Å². The Morgan fingerprint density at radius 2 is 2.00 bits per heavy atom. The number of ether oxygens (including phenoxy) is 1. The molecule has 6 nitrogen and oxygen atoms in total. The van der Waals surface area contributed by atoms with Crippen LogP contribution < -0.4 is 4.74 Å². The second kappa shape index (κ2) is 5.43. The smallest absolute Gasteiger partial charge is 0.250 e. The normalized spacial score (nSPS) is 22.6. The van der Waals surface area contributed by atoms with Crippen molar-refractivity contribution in [3.63, 3.8) is 0 Å². The van der Waals surface area contributed by atoms with Crippen LogP contribution in [0.5, 0.6) is 5.88 Å². The van der Waals surface area contributed by atoms with Crippen molar-refractivity contribution < 1.29 is 13.5 Å². The van der Waals surface area contributed by atoms with Crippen LogP contribution in [0.1, 0.15) is 45.9 Å². The van der Waals surface area contributed by atoms with E-state index in [9.17, 15) is 8.78 Å². The summed E-state index contributed by atoms with van der Waals surface area (Å²) in [6, 6.07) is 4.74. The number of aromatic nitrogens is 5. The van der Waals surface area contributed by atoms with E-state index in [1.807, 2.05) is 20.8 Å². The lowest BCUT2D eigenvalue weighted by atomic mass is 10.2. The van der Waals surface area contributed by atoms with Crippen LogP contribution in [-0.2, 0) is 0 Å². The summed E-state index contributed by atoms with van der Waals surface area (Å²) in [5.41, 5.74) is -0.321. The third kappa shape index (κ3) is 3.00. The van der Waals surface area contributed by atoms with E-state index < -0.39 is 17.1 Å². The van der Waals surface area contributed by atoms with Gasteiger partial charge in [-0.05, 0) is 52.3 Å². The fourth-order valence-electron chi connectivity index (χ4n) is 2.81. The van der Waals surface area contributed by atoms with Crippen molar-refractivity contribution in [2.75, 3.05) is 0 Å². The Morgan fingerprint density at radius 1 is 1.27 bits per heavy atom. The number of fused-ring (bicyclic) bond motifs is 1. The molecule has 3 aromatic rings. The topological polar surface area (TPSA) is 65.2 Å². The average Bonchev–Trinajstić information content (AvgIpc) is 3.00. The molecular formula is C18H19F2N5O. The number of rotatable bonds is 3. The highest BCUT2D eigenvalue weighted by Crippen LogP contribution is 2.53. The Balaban J connectivity index is 1.71. The first-order valence-corrected chi connectivity index (χ1v) is 8.40. The maximum Gasteiger partial charge on any atom is 0.250 e. The molecule has 3 aromatic heterocycles. The highest BCUT2D eigenvalue weighted by Gasteiger charge is 2.54. The Hall–Kier alpha value is -2.64. The first kappa shape index (κ1) is 16.8. The quantitative estimate of drug-likeness (QED) is 0.713. The van der Waals surface area contributed by atoms with Gasteiger partial charge in [-0.25, -0.2) is 13.8 Å². The Bertz CT molecular complexity index is 993. The lowest BCUT2D eigenvalue weighted by molar-refractivity contribution is 0.117. The molecule has 1 aliphatic carbocycles. The Kier molecular flexibility index (Phi) is 3.51. The predicted molar refractivity (Wildman–Crippen MR) is 91.2 cm³/mol. The van der Waals surface area contributed by atoms with Gasteiger partial charge in [-0.1, -0.05) is 0 Å². The highest BCUT2D eigenvalue weighted by atomic mass is 19.1. The Labute approximate surface area is 149 Å². The lowest BCUT2D eigenvalue weighted by Gasteiger charge is -2.20. The van der Waals surface area contributed by atoms with E-state index in [-0.39, 0.29) is 11.8 Å². The summed E-state index contributed by atoms with van der Waals surface area (Å²) in [4.78, 5) is 4.06. The molecule has 8 heteroatoms. The second-order valence-corrected chi connectivity index (χ2v) is 7.81. The van der Waals surface area contributed by atoms with Gasteiger partial charge >= 0.3 is 0 Å². The molecular weight excluding hydrogens is 340 g/mol. The summed E-state index contributed by atoms with van der Waals surface area (Å²) in [5.74, 6) is -0.467. The van der Waals surface area contributed by atoms with E-state index in [1.165, 1.54) is 23.7 Å². The second-order valence-electron chi connectivity index (χ2n) is 7.81. The van der Waals surface area contributed by atoms with Crippen molar-refractivity contribution in [2.45, 2.75) is 51.3 Å². The van der Waals surface area contributed by atoms with Crippen molar-refractivity contribution in [1.29, 1.82) is 0 Å².